The highest BCUT2D eigenvalue weighted by Crippen LogP contribution is 2.45. The molecule has 0 bridgehead atoms. The summed E-state index contributed by atoms with van der Waals surface area (Å²) in [6.45, 7) is 3.53. The van der Waals surface area contributed by atoms with E-state index in [-0.39, 0.29) is 11.7 Å². The largest absolute Gasteiger partial charge is 0.419 e. The lowest BCUT2D eigenvalue weighted by molar-refractivity contribution is -0.259. The molecule has 4 rings (SSSR count). The molecule has 1 N–H and O–H groups in total. The van der Waals surface area contributed by atoms with E-state index in [0.29, 0.717) is 13.1 Å². The van der Waals surface area contributed by atoms with Crippen molar-refractivity contribution in [2.75, 3.05) is 6.54 Å². The lowest BCUT2D eigenvalue weighted by atomic mass is 9.96. The molecule has 1 saturated heterocycles. The number of hydrogen-bond acceptors (Lipinski definition) is 4. The second-order valence-corrected chi connectivity index (χ2v) is 7.37. The Bertz CT molecular complexity index is 847. The summed E-state index contributed by atoms with van der Waals surface area (Å²) in [6, 6.07) is 5.96. The average Bonchev–Trinajstić information content (AvgIpc) is 3.28. The molecule has 0 spiro atoms. The van der Waals surface area contributed by atoms with Crippen LogP contribution in [0, 0.1) is 5.82 Å². The number of nitrogens with zero attached hydrogens (tertiary/aromatic N) is 3. The van der Waals surface area contributed by atoms with Gasteiger partial charge in [-0.1, -0.05) is 6.92 Å². The van der Waals surface area contributed by atoms with Gasteiger partial charge in [-0.05, 0) is 31.2 Å². The van der Waals surface area contributed by atoms with Gasteiger partial charge in [0.25, 0.3) is 0 Å². The highest BCUT2D eigenvalue weighted by atomic mass is 19.4. The summed E-state index contributed by atoms with van der Waals surface area (Å²) in [5.41, 5.74) is -0.352. The van der Waals surface area contributed by atoms with Crippen LogP contribution in [-0.4, -0.2) is 50.4 Å². The third kappa shape index (κ3) is 3.03. The molecule has 146 valence electrons. The van der Waals surface area contributed by atoms with Gasteiger partial charge in [0.15, 0.2) is 5.60 Å². The van der Waals surface area contributed by atoms with E-state index < -0.39 is 24.1 Å². The molecule has 5 nitrogen and oxygen atoms in total. The fraction of sp³-hybridized carbons (Fsp3) is 0.500. The molecule has 9 heteroatoms. The molecule has 0 saturated carbocycles. The number of fused-ring (bicyclic) bond motifs is 1. The van der Waals surface area contributed by atoms with Crippen molar-refractivity contribution in [3.63, 3.8) is 0 Å². The maximum absolute atomic E-state index is 13.2. The molecule has 1 fully saturated rings. The van der Waals surface area contributed by atoms with Gasteiger partial charge in [0, 0.05) is 24.6 Å². The summed E-state index contributed by atoms with van der Waals surface area (Å²) in [5.74, 6) is -0.366. The molecule has 1 aromatic heterocycles. The highest BCUT2D eigenvalue weighted by molar-refractivity contribution is 5.37. The Morgan fingerprint density at radius 2 is 1.89 bits per heavy atom. The molecule has 2 aromatic rings. The molecule has 0 radical (unpaired) electrons. The number of hydrogen-bond donors (Lipinski definition) is 1. The summed E-state index contributed by atoms with van der Waals surface area (Å²) >= 11 is 0. The lowest BCUT2D eigenvalue weighted by Gasteiger charge is -2.32. The van der Waals surface area contributed by atoms with E-state index in [1.807, 2.05) is 6.92 Å². The lowest BCUT2D eigenvalue weighted by Crippen LogP contribution is -2.50. The minimum absolute atomic E-state index is 0.0259. The summed E-state index contributed by atoms with van der Waals surface area (Å²) < 4.78 is 59.1. The Labute approximate surface area is 153 Å². The first-order valence-corrected chi connectivity index (χ1v) is 8.61. The summed E-state index contributed by atoms with van der Waals surface area (Å²) in [5, 5.41) is 14.2. The van der Waals surface area contributed by atoms with Crippen molar-refractivity contribution in [3.8, 4) is 5.69 Å². The number of benzene rings is 1. The highest BCUT2D eigenvalue weighted by Gasteiger charge is 2.66. The monoisotopic (exact) mass is 385 g/mol. The number of rotatable bonds is 3. The zero-order chi connectivity index (χ0) is 19.6. The van der Waals surface area contributed by atoms with E-state index in [1.165, 1.54) is 12.1 Å². The predicted octanol–water partition coefficient (Wildman–Crippen LogP) is 2.97. The summed E-state index contributed by atoms with van der Waals surface area (Å²) in [4.78, 5) is 1.79. The van der Waals surface area contributed by atoms with E-state index in [2.05, 4.69) is 5.10 Å². The zero-order valence-corrected chi connectivity index (χ0v) is 14.7. The van der Waals surface area contributed by atoms with Crippen LogP contribution < -0.4 is 0 Å². The van der Waals surface area contributed by atoms with Gasteiger partial charge in [0.2, 0.25) is 0 Å². The van der Waals surface area contributed by atoms with Gasteiger partial charge < -0.3 is 9.84 Å². The fourth-order valence-corrected chi connectivity index (χ4v) is 3.70. The van der Waals surface area contributed by atoms with Crippen molar-refractivity contribution in [3.05, 3.63) is 47.5 Å². The predicted molar refractivity (Wildman–Crippen MR) is 87.7 cm³/mol. The van der Waals surface area contributed by atoms with Gasteiger partial charge in [0.1, 0.15) is 18.1 Å². The van der Waals surface area contributed by atoms with Crippen LogP contribution in [0.4, 0.5) is 17.6 Å². The Balaban J connectivity index is 1.55. The van der Waals surface area contributed by atoms with E-state index >= 15 is 0 Å². The van der Waals surface area contributed by atoms with E-state index in [4.69, 9.17) is 4.74 Å². The molecule has 3 unspecified atom stereocenters. The SMILES string of the molecule is CC1CN(C2OC2[C@@](C)(O)C(F)(F)F)Cc2cnn(-c3ccc(F)cc3)c21. The second-order valence-electron chi connectivity index (χ2n) is 7.37. The fourth-order valence-electron chi connectivity index (χ4n) is 3.70. The molecule has 27 heavy (non-hydrogen) atoms. The standard InChI is InChI=1S/C18H19F4N3O2/c1-10-8-24(16-15(27-16)17(2,26)18(20,21)22)9-11-7-23-25(14(10)11)13-5-3-12(19)4-6-13/h3-7,10,15-16,26H,8-9H2,1-2H3/t10?,15?,16?,17-/m1/s1. The minimum Gasteiger partial charge on any atom is -0.378 e. The summed E-state index contributed by atoms with van der Waals surface area (Å²) in [6.07, 6.45) is -5.18. The van der Waals surface area contributed by atoms with Crippen molar-refractivity contribution in [1.29, 1.82) is 0 Å². The van der Waals surface area contributed by atoms with E-state index in [1.54, 1.807) is 27.9 Å². The van der Waals surface area contributed by atoms with Crippen molar-refractivity contribution in [1.82, 2.24) is 14.7 Å². The minimum atomic E-state index is -4.76. The molecular weight excluding hydrogens is 366 g/mol. The molecule has 0 aliphatic carbocycles. The third-order valence-electron chi connectivity index (χ3n) is 5.26. The zero-order valence-electron chi connectivity index (χ0n) is 14.7. The number of alkyl halides is 3. The van der Waals surface area contributed by atoms with Crippen molar-refractivity contribution in [2.24, 2.45) is 0 Å². The topological polar surface area (TPSA) is 53.8 Å². The molecule has 0 amide bonds. The van der Waals surface area contributed by atoms with Crippen LogP contribution in [-0.2, 0) is 11.3 Å². The van der Waals surface area contributed by atoms with Crippen LogP contribution in [0.2, 0.25) is 0 Å². The number of aromatic nitrogens is 2. The Morgan fingerprint density at radius 3 is 2.52 bits per heavy atom. The molecular formula is C18H19F4N3O2. The summed E-state index contributed by atoms with van der Waals surface area (Å²) in [7, 11) is 0. The van der Waals surface area contributed by atoms with Gasteiger partial charge >= 0.3 is 6.18 Å². The molecule has 1 aromatic carbocycles. The normalized spacial score (nSPS) is 27.9. The first-order valence-electron chi connectivity index (χ1n) is 8.61. The van der Waals surface area contributed by atoms with Crippen LogP contribution in [0.15, 0.2) is 30.5 Å². The van der Waals surface area contributed by atoms with Gasteiger partial charge in [-0.15, -0.1) is 0 Å². The Hall–Kier alpha value is -1.97. The maximum atomic E-state index is 13.2. The van der Waals surface area contributed by atoms with Gasteiger partial charge in [-0.2, -0.15) is 18.3 Å². The molecule has 2 aliphatic heterocycles. The van der Waals surface area contributed by atoms with Crippen LogP contribution >= 0.6 is 0 Å². The van der Waals surface area contributed by atoms with Crippen molar-refractivity contribution >= 4 is 0 Å². The quantitative estimate of drug-likeness (QED) is 0.652. The third-order valence-corrected chi connectivity index (χ3v) is 5.26. The smallest absolute Gasteiger partial charge is 0.378 e. The molecule has 2 aliphatic rings. The molecule has 3 heterocycles. The number of aliphatic hydroxyl groups is 1. The first kappa shape index (κ1) is 18.4. The average molecular weight is 385 g/mol. The first-order chi connectivity index (χ1) is 12.6. The van der Waals surface area contributed by atoms with E-state index in [0.717, 1.165) is 23.9 Å². The van der Waals surface area contributed by atoms with Gasteiger partial charge in [-0.3, -0.25) is 4.90 Å². The Morgan fingerprint density at radius 1 is 1.22 bits per heavy atom. The Kier molecular flexibility index (Phi) is 4.10. The van der Waals surface area contributed by atoms with Gasteiger partial charge in [-0.25, -0.2) is 9.07 Å². The second kappa shape index (κ2) is 6.02. The van der Waals surface area contributed by atoms with Crippen molar-refractivity contribution < 1.29 is 27.4 Å². The van der Waals surface area contributed by atoms with Crippen LogP contribution in [0.1, 0.15) is 31.0 Å². The van der Waals surface area contributed by atoms with Crippen LogP contribution in [0.3, 0.4) is 0 Å². The van der Waals surface area contributed by atoms with Gasteiger partial charge in [0.05, 0.1) is 17.6 Å². The van der Waals surface area contributed by atoms with Crippen LogP contribution in [0.25, 0.3) is 5.69 Å². The molecule has 4 atom stereocenters. The number of epoxide rings is 1. The van der Waals surface area contributed by atoms with Crippen molar-refractivity contribution in [2.45, 2.75) is 50.4 Å². The van der Waals surface area contributed by atoms with Crippen LogP contribution in [0.5, 0.6) is 0 Å². The number of ether oxygens (including phenoxy) is 1. The maximum Gasteiger partial charge on any atom is 0.419 e. The van der Waals surface area contributed by atoms with E-state index in [9.17, 15) is 22.7 Å². The number of halogens is 4.